The number of hydrogen-bond acceptors (Lipinski definition) is 2. The molecule has 1 N–H and O–H groups in total. The first kappa shape index (κ1) is 32.7. The number of aromatic nitrogens is 2. The van der Waals surface area contributed by atoms with Crippen molar-refractivity contribution in [3.8, 4) is 39.1 Å². The van der Waals surface area contributed by atoms with Crippen molar-refractivity contribution in [1.29, 1.82) is 0 Å². The molecule has 0 fully saturated rings. The fourth-order valence-electron chi connectivity index (χ4n) is 9.62. The summed E-state index contributed by atoms with van der Waals surface area (Å²) in [6.07, 6.45) is 0. The van der Waals surface area contributed by atoms with E-state index in [0.29, 0.717) is 0 Å². The smallest absolute Gasteiger partial charge is 0.149 e. The average molecular weight is 820 g/mol. The number of para-hydroxylation sites is 4. The minimum absolute atomic E-state index is 0.868. The number of nitrogens with zero attached hydrogens (tertiary/aromatic N) is 1. The van der Waals surface area contributed by atoms with Crippen LogP contribution >= 0.6 is 15.9 Å². The van der Waals surface area contributed by atoms with Gasteiger partial charge < -0.3 is 18.4 Å². The summed E-state index contributed by atoms with van der Waals surface area (Å²) in [7, 11) is 0. The lowest BCUT2D eigenvalue weighted by Gasteiger charge is -2.15. The Kier molecular flexibility index (Phi) is 6.84. The molecule has 4 heterocycles. The average Bonchev–Trinajstić information content (AvgIpc) is 4.05. The third kappa shape index (κ3) is 4.77. The van der Waals surface area contributed by atoms with Crippen molar-refractivity contribution in [2.45, 2.75) is 0 Å². The lowest BCUT2D eigenvalue weighted by atomic mass is 9.97. The van der Waals surface area contributed by atoms with Crippen LogP contribution in [-0.2, 0) is 0 Å². The van der Waals surface area contributed by atoms with Crippen LogP contribution in [0.2, 0.25) is 0 Å². The number of hydrogen-bond donors (Lipinski definition) is 1. The van der Waals surface area contributed by atoms with Gasteiger partial charge in [-0.15, -0.1) is 0 Å². The molecule has 0 amide bonds. The summed E-state index contributed by atoms with van der Waals surface area (Å²) in [4.78, 5) is 3.77. The second-order valence-electron chi connectivity index (χ2n) is 15.4. The Hall–Kier alpha value is -7.34. The topological polar surface area (TPSA) is 47.0 Å². The van der Waals surface area contributed by atoms with Gasteiger partial charge >= 0.3 is 0 Å². The highest BCUT2D eigenvalue weighted by Crippen LogP contribution is 2.44. The maximum Gasteiger partial charge on any atom is 0.149 e. The number of aromatic amines is 1. The van der Waals surface area contributed by atoms with Gasteiger partial charge in [-0.05, 0) is 117 Å². The maximum atomic E-state index is 6.30. The van der Waals surface area contributed by atoms with E-state index in [0.717, 1.165) is 98.4 Å². The Balaban J connectivity index is 1.01. The molecule has 9 aromatic carbocycles. The third-order valence-corrected chi connectivity index (χ3v) is 12.8. The zero-order chi connectivity index (χ0) is 38.8. The summed E-state index contributed by atoms with van der Waals surface area (Å²) in [6, 6.07) is 65.2. The van der Waals surface area contributed by atoms with Gasteiger partial charge in [-0.1, -0.05) is 109 Å². The fraction of sp³-hybridized carbons (Fsp3) is 0. The largest absolute Gasteiger partial charge is 0.456 e. The SMILES string of the molecule is Brc1cc(-c2cccc(-c3ccccc3-n3c4ccccc4c4c5c(ccc43)[nH]c3ccc(-c4cccc6oc7ccccc7c46)cc35)c2)cc2c1oc1ccccc12. The van der Waals surface area contributed by atoms with E-state index in [-0.39, 0.29) is 0 Å². The van der Waals surface area contributed by atoms with E-state index < -0.39 is 0 Å². The van der Waals surface area contributed by atoms with E-state index in [1.165, 1.54) is 32.6 Å². The molecule has 13 aromatic rings. The summed E-state index contributed by atoms with van der Waals surface area (Å²) < 4.78 is 15.9. The zero-order valence-corrected chi connectivity index (χ0v) is 33.0. The van der Waals surface area contributed by atoms with Crippen LogP contribution in [0.1, 0.15) is 0 Å². The molecule has 0 unspecified atom stereocenters. The summed E-state index contributed by atoms with van der Waals surface area (Å²) in [5.41, 5.74) is 16.2. The number of H-pyrrole nitrogens is 1. The minimum atomic E-state index is 0.868. The molecule has 13 rings (SSSR count). The lowest BCUT2D eigenvalue weighted by Crippen LogP contribution is -1.97. The lowest BCUT2D eigenvalue weighted by molar-refractivity contribution is 0.667. The molecule has 0 aliphatic rings. The van der Waals surface area contributed by atoms with E-state index in [4.69, 9.17) is 8.83 Å². The van der Waals surface area contributed by atoms with Gasteiger partial charge in [0.1, 0.15) is 22.3 Å². The molecule has 59 heavy (non-hydrogen) atoms. The van der Waals surface area contributed by atoms with Crippen LogP contribution in [-0.4, -0.2) is 9.55 Å². The Morgan fingerprint density at radius 2 is 1.07 bits per heavy atom. The highest BCUT2D eigenvalue weighted by atomic mass is 79.9. The third-order valence-electron chi connectivity index (χ3n) is 12.2. The van der Waals surface area contributed by atoms with Gasteiger partial charge in [-0.3, -0.25) is 0 Å². The van der Waals surface area contributed by atoms with Crippen molar-refractivity contribution in [1.82, 2.24) is 9.55 Å². The van der Waals surface area contributed by atoms with E-state index >= 15 is 0 Å². The molecule has 0 saturated carbocycles. The van der Waals surface area contributed by atoms with Crippen molar-refractivity contribution in [2.75, 3.05) is 0 Å². The number of nitrogens with one attached hydrogen (secondary N) is 1. The molecule has 0 radical (unpaired) electrons. The normalized spacial score (nSPS) is 12.2. The Bertz CT molecular complexity index is 3880. The second kappa shape index (κ2) is 12.3. The van der Waals surface area contributed by atoms with Crippen LogP contribution in [0, 0.1) is 0 Å². The summed E-state index contributed by atoms with van der Waals surface area (Å²) in [6.45, 7) is 0. The van der Waals surface area contributed by atoms with Crippen LogP contribution in [0.25, 0.3) is 127 Å². The van der Waals surface area contributed by atoms with Crippen molar-refractivity contribution in [3.05, 3.63) is 186 Å². The quantitative estimate of drug-likeness (QED) is 0.192. The molecule has 5 heteroatoms. The second-order valence-corrected chi connectivity index (χ2v) is 16.3. The Labute approximate surface area is 345 Å². The maximum absolute atomic E-state index is 6.30. The summed E-state index contributed by atoms with van der Waals surface area (Å²) >= 11 is 3.83. The molecule has 276 valence electrons. The van der Waals surface area contributed by atoms with Crippen LogP contribution in [0.15, 0.2) is 195 Å². The van der Waals surface area contributed by atoms with E-state index in [9.17, 15) is 0 Å². The van der Waals surface area contributed by atoms with Crippen molar-refractivity contribution < 1.29 is 8.83 Å². The Morgan fingerprint density at radius 1 is 0.390 bits per heavy atom. The van der Waals surface area contributed by atoms with E-state index in [1.54, 1.807) is 0 Å². The molecule has 0 spiro atoms. The van der Waals surface area contributed by atoms with Crippen LogP contribution in [0.3, 0.4) is 0 Å². The molecule has 0 saturated heterocycles. The van der Waals surface area contributed by atoms with E-state index in [1.807, 2.05) is 24.3 Å². The summed E-state index contributed by atoms with van der Waals surface area (Å²) in [5.74, 6) is 0. The molecule has 0 atom stereocenters. The molecular weight excluding hydrogens is 789 g/mol. The van der Waals surface area contributed by atoms with Gasteiger partial charge in [0.25, 0.3) is 0 Å². The monoisotopic (exact) mass is 818 g/mol. The molecule has 4 nitrogen and oxygen atoms in total. The number of furan rings is 2. The number of halogens is 1. The van der Waals surface area contributed by atoms with Gasteiger partial charge in [0.15, 0.2) is 0 Å². The van der Waals surface area contributed by atoms with Gasteiger partial charge in [0.2, 0.25) is 0 Å². The minimum Gasteiger partial charge on any atom is -0.456 e. The molecular formula is C54H31BrN2O2. The predicted octanol–water partition coefficient (Wildman–Crippen LogP) is 16.0. The van der Waals surface area contributed by atoms with Crippen LogP contribution in [0.4, 0.5) is 0 Å². The van der Waals surface area contributed by atoms with Crippen LogP contribution in [0.5, 0.6) is 0 Å². The number of rotatable bonds is 4. The van der Waals surface area contributed by atoms with Gasteiger partial charge in [-0.2, -0.15) is 0 Å². The van der Waals surface area contributed by atoms with Crippen molar-refractivity contribution in [3.63, 3.8) is 0 Å². The van der Waals surface area contributed by atoms with Gasteiger partial charge in [0, 0.05) is 59.7 Å². The summed E-state index contributed by atoms with van der Waals surface area (Å²) in [5, 5.41) is 9.38. The first-order valence-electron chi connectivity index (χ1n) is 19.9. The highest BCUT2D eigenvalue weighted by molar-refractivity contribution is 9.10. The molecule has 0 aliphatic carbocycles. The van der Waals surface area contributed by atoms with Crippen molar-refractivity contribution >= 4 is 103 Å². The predicted molar refractivity (Wildman–Crippen MR) is 249 cm³/mol. The van der Waals surface area contributed by atoms with Crippen LogP contribution < -0.4 is 0 Å². The van der Waals surface area contributed by atoms with Gasteiger partial charge in [0.05, 0.1) is 21.2 Å². The standard InChI is InChI=1S/C54H31BrN2O2/c55-42-30-34(29-40-37-14-3-7-20-48(37)59-54(40)42)31-11-9-12-32(27-31)35-13-1-5-18-45(35)57-46-19-6-2-15-38(46)53-47(57)26-25-44-52(53)41-28-33(23-24-43(41)56-44)36-17-10-22-50-51(36)39-16-4-8-21-49(39)58-50/h1-30,56H. The first-order chi connectivity index (χ1) is 29.2. The number of benzene rings is 9. The highest BCUT2D eigenvalue weighted by Gasteiger charge is 2.21. The first-order valence-corrected chi connectivity index (χ1v) is 20.6. The van der Waals surface area contributed by atoms with E-state index in [2.05, 4.69) is 183 Å². The number of fused-ring (bicyclic) bond motifs is 13. The Morgan fingerprint density at radius 3 is 1.98 bits per heavy atom. The molecule has 4 aromatic heterocycles. The molecule has 0 bridgehead atoms. The zero-order valence-electron chi connectivity index (χ0n) is 31.5. The van der Waals surface area contributed by atoms with Gasteiger partial charge in [-0.25, -0.2) is 0 Å². The fourth-order valence-corrected chi connectivity index (χ4v) is 10.2. The molecule has 0 aliphatic heterocycles. The van der Waals surface area contributed by atoms with Crippen molar-refractivity contribution in [2.24, 2.45) is 0 Å².